The van der Waals surface area contributed by atoms with Crippen LogP contribution in [0.1, 0.15) is 31.2 Å². The van der Waals surface area contributed by atoms with Gasteiger partial charge >= 0.3 is 12.1 Å². The van der Waals surface area contributed by atoms with Crippen molar-refractivity contribution in [2.75, 3.05) is 13.2 Å². The fourth-order valence-corrected chi connectivity index (χ4v) is 2.60. The molecule has 1 aliphatic heterocycles. The minimum absolute atomic E-state index is 0.124. The van der Waals surface area contributed by atoms with E-state index in [4.69, 9.17) is 9.47 Å². The Hall–Kier alpha value is -2.08. The van der Waals surface area contributed by atoms with Gasteiger partial charge in [0, 0.05) is 13.2 Å². The Balaban J connectivity index is 1.74. The van der Waals surface area contributed by atoms with E-state index in [9.17, 15) is 14.7 Å². The predicted octanol–water partition coefficient (Wildman–Crippen LogP) is 2.57. The molecular formula is C17H23NO5. The number of amides is 1. The molecule has 1 amide bonds. The summed E-state index contributed by atoms with van der Waals surface area (Å²) in [6, 6.07) is 8.34. The lowest BCUT2D eigenvalue weighted by molar-refractivity contribution is -0.139. The zero-order chi connectivity index (χ0) is 16.5. The molecule has 23 heavy (non-hydrogen) atoms. The first-order valence-electron chi connectivity index (χ1n) is 7.93. The minimum Gasteiger partial charge on any atom is -0.480 e. The van der Waals surface area contributed by atoms with Crippen molar-refractivity contribution in [3.05, 3.63) is 35.9 Å². The highest BCUT2D eigenvalue weighted by atomic mass is 16.5. The third kappa shape index (κ3) is 6.28. The van der Waals surface area contributed by atoms with Crippen molar-refractivity contribution < 1.29 is 24.2 Å². The lowest BCUT2D eigenvalue weighted by Crippen LogP contribution is -2.41. The maximum absolute atomic E-state index is 11.8. The van der Waals surface area contributed by atoms with E-state index in [2.05, 4.69) is 5.32 Å². The van der Waals surface area contributed by atoms with Crippen molar-refractivity contribution >= 4 is 12.1 Å². The van der Waals surface area contributed by atoms with E-state index >= 15 is 0 Å². The second-order valence-corrected chi connectivity index (χ2v) is 5.73. The number of hydrogen-bond acceptors (Lipinski definition) is 4. The number of carbonyl (C=O) groups is 2. The number of ether oxygens (including phenoxy) is 2. The lowest BCUT2D eigenvalue weighted by Gasteiger charge is -2.23. The molecule has 0 aliphatic carbocycles. The molecule has 1 aromatic carbocycles. The van der Waals surface area contributed by atoms with Crippen molar-refractivity contribution in [1.29, 1.82) is 0 Å². The first-order valence-corrected chi connectivity index (χ1v) is 7.93. The molecule has 6 nitrogen and oxygen atoms in total. The van der Waals surface area contributed by atoms with Gasteiger partial charge in [0.1, 0.15) is 12.6 Å². The van der Waals surface area contributed by atoms with Gasteiger partial charge in [0.25, 0.3) is 0 Å². The van der Waals surface area contributed by atoms with Crippen molar-refractivity contribution in [1.82, 2.24) is 5.32 Å². The van der Waals surface area contributed by atoms with E-state index in [1.54, 1.807) is 0 Å². The topological polar surface area (TPSA) is 84.9 Å². The molecule has 0 aromatic heterocycles. The van der Waals surface area contributed by atoms with Gasteiger partial charge in [0.15, 0.2) is 0 Å². The van der Waals surface area contributed by atoms with Gasteiger partial charge in [0.2, 0.25) is 0 Å². The van der Waals surface area contributed by atoms with Crippen LogP contribution in [-0.4, -0.2) is 36.4 Å². The second kappa shape index (κ2) is 9.15. The molecule has 1 aromatic rings. The van der Waals surface area contributed by atoms with Gasteiger partial charge in [-0.05, 0) is 37.2 Å². The van der Waals surface area contributed by atoms with Crippen molar-refractivity contribution in [3.8, 4) is 0 Å². The summed E-state index contributed by atoms with van der Waals surface area (Å²) in [5.41, 5.74) is 0.858. The fraction of sp³-hybridized carbons (Fsp3) is 0.529. The number of carboxylic acids is 1. The molecule has 126 valence electrons. The fourth-order valence-electron chi connectivity index (χ4n) is 2.60. The molecule has 2 rings (SSSR count). The Labute approximate surface area is 135 Å². The smallest absolute Gasteiger partial charge is 0.408 e. The van der Waals surface area contributed by atoms with Gasteiger partial charge in [-0.15, -0.1) is 0 Å². The average Bonchev–Trinajstić information content (AvgIpc) is 2.58. The number of carboxylic acid groups (broad SMARTS) is 1. The Morgan fingerprint density at radius 3 is 2.61 bits per heavy atom. The number of carbonyl (C=O) groups excluding carboxylic acids is 1. The molecule has 0 saturated carbocycles. The Bertz CT molecular complexity index is 499. The molecule has 1 saturated heterocycles. The van der Waals surface area contributed by atoms with Crippen LogP contribution in [0.2, 0.25) is 0 Å². The first kappa shape index (κ1) is 17.3. The molecule has 0 bridgehead atoms. The molecule has 1 atom stereocenters. The quantitative estimate of drug-likeness (QED) is 0.806. The van der Waals surface area contributed by atoms with Crippen LogP contribution in [-0.2, 0) is 20.9 Å². The summed E-state index contributed by atoms with van der Waals surface area (Å²) in [7, 11) is 0. The Morgan fingerprint density at radius 2 is 1.96 bits per heavy atom. The molecule has 2 N–H and O–H groups in total. The summed E-state index contributed by atoms with van der Waals surface area (Å²) in [5, 5.41) is 11.7. The minimum atomic E-state index is -1.03. The lowest BCUT2D eigenvalue weighted by atomic mass is 9.93. The van der Waals surface area contributed by atoms with Gasteiger partial charge in [-0.3, -0.25) is 0 Å². The summed E-state index contributed by atoms with van der Waals surface area (Å²) in [6.07, 6.45) is 2.36. The molecule has 1 fully saturated rings. The van der Waals surface area contributed by atoms with E-state index in [-0.39, 0.29) is 6.61 Å². The summed E-state index contributed by atoms with van der Waals surface area (Å²) >= 11 is 0. The monoisotopic (exact) mass is 321 g/mol. The van der Waals surface area contributed by atoms with Crippen molar-refractivity contribution in [2.24, 2.45) is 5.92 Å². The number of nitrogens with one attached hydrogen (secondary N) is 1. The van der Waals surface area contributed by atoms with Crippen LogP contribution in [0.5, 0.6) is 0 Å². The van der Waals surface area contributed by atoms with Crippen molar-refractivity contribution in [3.63, 3.8) is 0 Å². The number of aliphatic carboxylic acids is 1. The van der Waals surface area contributed by atoms with Gasteiger partial charge in [-0.25, -0.2) is 9.59 Å². The van der Waals surface area contributed by atoms with Crippen molar-refractivity contribution in [2.45, 2.75) is 38.3 Å². The second-order valence-electron chi connectivity index (χ2n) is 5.73. The zero-order valence-corrected chi connectivity index (χ0v) is 13.1. The van der Waals surface area contributed by atoms with Crippen LogP contribution < -0.4 is 5.32 Å². The molecule has 1 heterocycles. The highest BCUT2D eigenvalue weighted by Gasteiger charge is 2.23. The highest BCUT2D eigenvalue weighted by Crippen LogP contribution is 2.21. The van der Waals surface area contributed by atoms with E-state index in [0.717, 1.165) is 38.0 Å². The van der Waals surface area contributed by atoms with Crippen LogP contribution >= 0.6 is 0 Å². The maximum atomic E-state index is 11.8. The number of hydrogen-bond donors (Lipinski definition) is 2. The van der Waals surface area contributed by atoms with Crippen LogP contribution in [0.3, 0.4) is 0 Å². The summed E-state index contributed by atoms with van der Waals surface area (Å²) in [5.74, 6) is -0.568. The number of alkyl carbamates (subject to hydrolysis) is 1. The normalized spacial score (nSPS) is 16.5. The molecule has 0 radical (unpaired) electrons. The van der Waals surface area contributed by atoms with Crippen LogP contribution in [0.25, 0.3) is 0 Å². The molecular weight excluding hydrogens is 298 g/mol. The summed E-state index contributed by atoms with van der Waals surface area (Å²) in [4.78, 5) is 23.1. The third-order valence-electron chi connectivity index (χ3n) is 4.01. The van der Waals surface area contributed by atoms with Crippen LogP contribution in [0.4, 0.5) is 4.79 Å². The van der Waals surface area contributed by atoms with Crippen LogP contribution in [0.15, 0.2) is 30.3 Å². The van der Waals surface area contributed by atoms with Crippen LogP contribution in [0, 0.1) is 5.92 Å². The van der Waals surface area contributed by atoms with E-state index in [0.29, 0.717) is 12.3 Å². The number of rotatable bonds is 7. The van der Waals surface area contributed by atoms with Gasteiger partial charge in [-0.2, -0.15) is 0 Å². The molecule has 1 aliphatic rings. The average molecular weight is 321 g/mol. The zero-order valence-electron chi connectivity index (χ0n) is 13.1. The van der Waals surface area contributed by atoms with Gasteiger partial charge < -0.3 is 19.9 Å². The van der Waals surface area contributed by atoms with E-state index < -0.39 is 18.1 Å². The summed E-state index contributed by atoms with van der Waals surface area (Å²) in [6.45, 7) is 1.59. The third-order valence-corrected chi connectivity index (χ3v) is 4.01. The van der Waals surface area contributed by atoms with E-state index in [1.807, 2.05) is 30.3 Å². The first-order chi connectivity index (χ1) is 11.1. The molecule has 1 unspecified atom stereocenters. The maximum Gasteiger partial charge on any atom is 0.408 e. The summed E-state index contributed by atoms with van der Waals surface area (Å²) < 4.78 is 10.4. The Kier molecular flexibility index (Phi) is 6.87. The largest absolute Gasteiger partial charge is 0.480 e. The number of benzene rings is 1. The molecule has 0 spiro atoms. The standard InChI is InChI=1S/C17H23NO5/c19-16(20)15(7-6-13-8-10-22-11-9-13)18-17(21)23-12-14-4-2-1-3-5-14/h1-5,13,15H,6-12H2,(H,18,21)(H,19,20). The predicted molar refractivity (Wildman–Crippen MR) is 84.0 cm³/mol. The SMILES string of the molecule is O=C(NC(CCC1CCOCC1)C(=O)O)OCc1ccccc1. The van der Waals surface area contributed by atoms with Gasteiger partial charge in [-0.1, -0.05) is 30.3 Å². The van der Waals surface area contributed by atoms with E-state index in [1.165, 1.54) is 0 Å². The van der Waals surface area contributed by atoms with Gasteiger partial charge in [0.05, 0.1) is 0 Å². The molecule has 6 heteroatoms. The highest BCUT2D eigenvalue weighted by molar-refractivity contribution is 5.79. The Morgan fingerprint density at radius 1 is 1.26 bits per heavy atom.